The van der Waals surface area contributed by atoms with Crippen LogP contribution in [0.25, 0.3) is 10.2 Å². The second-order valence-electron chi connectivity index (χ2n) is 4.24. The molecule has 0 spiro atoms. The monoisotopic (exact) mass is 248 g/mol. The molecule has 2 rings (SSSR count). The molecule has 90 valence electrons. The predicted molar refractivity (Wildman–Crippen MR) is 72.4 cm³/mol. The van der Waals surface area contributed by atoms with Crippen molar-refractivity contribution in [2.45, 2.75) is 27.2 Å². The molecule has 1 unspecified atom stereocenters. The van der Waals surface area contributed by atoms with E-state index in [0.717, 1.165) is 22.2 Å². The number of para-hydroxylation sites is 1. The van der Waals surface area contributed by atoms with Crippen molar-refractivity contribution in [3.8, 4) is 0 Å². The van der Waals surface area contributed by atoms with Gasteiger partial charge in [-0.25, -0.2) is 4.98 Å². The SMILES string of the molecule is CCC(C)C(=O)Nc1nc2c(C)cccc2s1. The Kier molecular flexibility index (Phi) is 3.43. The van der Waals surface area contributed by atoms with Crippen molar-refractivity contribution in [1.82, 2.24) is 4.98 Å². The summed E-state index contributed by atoms with van der Waals surface area (Å²) in [5.41, 5.74) is 2.12. The number of nitrogens with zero attached hydrogens (tertiary/aromatic N) is 1. The van der Waals surface area contributed by atoms with Crippen LogP contribution < -0.4 is 5.32 Å². The molecule has 0 saturated carbocycles. The maximum absolute atomic E-state index is 11.8. The predicted octanol–water partition coefficient (Wildman–Crippen LogP) is 3.59. The number of aryl methyl sites for hydroxylation is 1. The van der Waals surface area contributed by atoms with Crippen LogP contribution in [0, 0.1) is 12.8 Å². The summed E-state index contributed by atoms with van der Waals surface area (Å²) in [6.45, 7) is 5.96. The van der Waals surface area contributed by atoms with E-state index in [2.05, 4.69) is 10.3 Å². The zero-order valence-corrected chi connectivity index (χ0v) is 11.1. The highest BCUT2D eigenvalue weighted by Gasteiger charge is 2.13. The Hall–Kier alpha value is -1.42. The van der Waals surface area contributed by atoms with Crippen molar-refractivity contribution in [3.05, 3.63) is 23.8 Å². The van der Waals surface area contributed by atoms with E-state index in [9.17, 15) is 4.79 Å². The lowest BCUT2D eigenvalue weighted by molar-refractivity contribution is -0.119. The van der Waals surface area contributed by atoms with E-state index in [1.807, 2.05) is 39.0 Å². The molecule has 1 atom stereocenters. The number of thiazole rings is 1. The van der Waals surface area contributed by atoms with Gasteiger partial charge in [0.15, 0.2) is 5.13 Å². The van der Waals surface area contributed by atoms with Crippen molar-refractivity contribution in [1.29, 1.82) is 0 Å². The number of hydrogen-bond acceptors (Lipinski definition) is 3. The summed E-state index contributed by atoms with van der Waals surface area (Å²) >= 11 is 1.52. The molecular formula is C13H16N2OS. The summed E-state index contributed by atoms with van der Waals surface area (Å²) in [5, 5.41) is 3.57. The van der Waals surface area contributed by atoms with Crippen molar-refractivity contribution in [2.24, 2.45) is 5.92 Å². The maximum atomic E-state index is 11.8. The van der Waals surface area contributed by atoms with Crippen LogP contribution in [-0.4, -0.2) is 10.9 Å². The number of rotatable bonds is 3. The third-order valence-electron chi connectivity index (χ3n) is 2.91. The molecule has 0 aliphatic rings. The van der Waals surface area contributed by atoms with Crippen LogP contribution in [0.1, 0.15) is 25.8 Å². The average molecular weight is 248 g/mol. The Bertz CT molecular complexity index is 547. The Balaban J connectivity index is 2.26. The first-order chi connectivity index (χ1) is 8.11. The van der Waals surface area contributed by atoms with E-state index in [-0.39, 0.29) is 11.8 Å². The van der Waals surface area contributed by atoms with Crippen LogP contribution in [0.3, 0.4) is 0 Å². The van der Waals surface area contributed by atoms with Gasteiger partial charge in [0, 0.05) is 5.92 Å². The van der Waals surface area contributed by atoms with E-state index in [0.29, 0.717) is 5.13 Å². The summed E-state index contributed by atoms with van der Waals surface area (Å²) in [7, 11) is 0. The van der Waals surface area contributed by atoms with E-state index in [4.69, 9.17) is 0 Å². The van der Waals surface area contributed by atoms with Crippen LogP contribution in [0.5, 0.6) is 0 Å². The number of carbonyl (C=O) groups excluding carboxylic acids is 1. The van der Waals surface area contributed by atoms with Crippen molar-refractivity contribution in [2.75, 3.05) is 5.32 Å². The highest BCUT2D eigenvalue weighted by molar-refractivity contribution is 7.22. The summed E-state index contributed by atoms with van der Waals surface area (Å²) in [4.78, 5) is 16.2. The van der Waals surface area contributed by atoms with Gasteiger partial charge in [0.2, 0.25) is 5.91 Å². The smallest absolute Gasteiger partial charge is 0.228 e. The van der Waals surface area contributed by atoms with Crippen molar-refractivity contribution >= 4 is 32.6 Å². The Morgan fingerprint density at radius 2 is 2.29 bits per heavy atom. The van der Waals surface area contributed by atoms with Gasteiger partial charge in [-0.15, -0.1) is 0 Å². The van der Waals surface area contributed by atoms with E-state index in [1.165, 1.54) is 11.3 Å². The van der Waals surface area contributed by atoms with Gasteiger partial charge in [-0.05, 0) is 25.0 Å². The molecule has 1 aromatic heterocycles. The highest BCUT2D eigenvalue weighted by atomic mass is 32.1. The molecule has 0 bridgehead atoms. The first-order valence-corrected chi connectivity index (χ1v) is 6.60. The summed E-state index contributed by atoms with van der Waals surface area (Å²) in [6, 6.07) is 6.07. The normalized spacial score (nSPS) is 12.6. The Morgan fingerprint density at radius 1 is 1.53 bits per heavy atom. The minimum Gasteiger partial charge on any atom is -0.302 e. The Morgan fingerprint density at radius 3 is 2.94 bits per heavy atom. The number of benzene rings is 1. The second kappa shape index (κ2) is 4.84. The molecule has 4 heteroatoms. The molecule has 1 N–H and O–H groups in total. The van der Waals surface area contributed by atoms with Gasteiger partial charge in [0.1, 0.15) is 0 Å². The fourth-order valence-corrected chi connectivity index (χ4v) is 2.50. The molecule has 1 aromatic carbocycles. The van der Waals surface area contributed by atoms with Gasteiger partial charge >= 0.3 is 0 Å². The molecule has 17 heavy (non-hydrogen) atoms. The first kappa shape index (κ1) is 12.0. The zero-order valence-electron chi connectivity index (χ0n) is 10.3. The number of carbonyl (C=O) groups is 1. The third-order valence-corrected chi connectivity index (χ3v) is 3.85. The standard InChI is InChI=1S/C13H16N2OS/c1-4-8(2)12(16)15-13-14-11-9(3)6-5-7-10(11)17-13/h5-8H,4H2,1-3H3,(H,14,15,16). The average Bonchev–Trinajstić information content (AvgIpc) is 2.72. The number of fused-ring (bicyclic) bond motifs is 1. The van der Waals surface area contributed by atoms with Crippen LogP contribution in [0.15, 0.2) is 18.2 Å². The molecule has 0 saturated heterocycles. The Labute approximate surface area is 105 Å². The summed E-state index contributed by atoms with van der Waals surface area (Å²) in [6.07, 6.45) is 0.843. The topological polar surface area (TPSA) is 42.0 Å². The van der Waals surface area contributed by atoms with Crippen LogP contribution in [-0.2, 0) is 4.79 Å². The molecule has 0 radical (unpaired) electrons. The quantitative estimate of drug-likeness (QED) is 0.902. The largest absolute Gasteiger partial charge is 0.302 e. The number of aromatic nitrogens is 1. The number of hydrogen-bond donors (Lipinski definition) is 1. The van der Waals surface area contributed by atoms with Crippen molar-refractivity contribution < 1.29 is 4.79 Å². The molecule has 0 aliphatic carbocycles. The second-order valence-corrected chi connectivity index (χ2v) is 5.27. The molecular weight excluding hydrogens is 232 g/mol. The van der Waals surface area contributed by atoms with E-state index >= 15 is 0 Å². The lowest BCUT2D eigenvalue weighted by Gasteiger charge is -2.06. The molecule has 0 fully saturated rings. The van der Waals surface area contributed by atoms with Crippen LogP contribution in [0.2, 0.25) is 0 Å². The van der Waals surface area contributed by atoms with Gasteiger partial charge in [0.05, 0.1) is 10.2 Å². The zero-order chi connectivity index (χ0) is 12.4. The van der Waals surface area contributed by atoms with Crippen LogP contribution in [0.4, 0.5) is 5.13 Å². The van der Waals surface area contributed by atoms with Gasteiger partial charge in [-0.1, -0.05) is 37.3 Å². The molecule has 1 heterocycles. The lowest BCUT2D eigenvalue weighted by atomic mass is 10.1. The summed E-state index contributed by atoms with van der Waals surface area (Å²) < 4.78 is 1.12. The number of amides is 1. The van der Waals surface area contributed by atoms with Gasteiger partial charge in [-0.2, -0.15) is 0 Å². The molecule has 0 aliphatic heterocycles. The van der Waals surface area contributed by atoms with Gasteiger partial charge in [-0.3, -0.25) is 4.79 Å². The van der Waals surface area contributed by atoms with Crippen molar-refractivity contribution in [3.63, 3.8) is 0 Å². The fraction of sp³-hybridized carbons (Fsp3) is 0.385. The summed E-state index contributed by atoms with van der Waals surface area (Å²) in [5.74, 6) is 0.0762. The molecule has 1 amide bonds. The third kappa shape index (κ3) is 2.47. The highest BCUT2D eigenvalue weighted by Crippen LogP contribution is 2.28. The number of nitrogens with one attached hydrogen (secondary N) is 1. The van der Waals surface area contributed by atoms with Crippen LogP contribution >= 0.6 is 11.3 Å². The number of anilines is 1. The molecule has 3 nitrogen and oxygen atoms in total. The van der Waals surface area contributed by atoms with E-state index < -0.39 is 0 Å². The first-order valence-electron chi connectivity index (χ1n) is 5.78. The lowest BCUT2D eigenvalue weighted by Crippen LogP contribution is -2.19. The van der Waals surface area contributed by atoms with E-state index in [1.54, 1.807) is 0 Å². The maximum Gasteiger partial charge on any atom is 0.228 e. The minimum absolute atomic E-state index is 0.0307. The van der Waals surface area contributed by atoms with Gasteiger partial charge in [0.25, 0.3) is 0 Å². The molecule has 2 aromatic rings. The van der Waals surface area contributed by atoms with Gasteiger partial charge < -0.3 is 5.32 Å². The minimum atomic E-state index is 0.0307. The fourth-order valence-electron chi connectivity index (χ4n) is 1.55.